The zero-order chi connectivity index (χ0) is 15.9. The molecule has 0 rings (SSSR count). The Morgan fingerprint density at radius 3 is 1.76 bits per heavy atom. The number of esters is 2. The largest absolute Gasteiger partial charge is 0.469 e. The van der Waals surface area contributed by atoms with Gasteiger partial charge in [0, 0.05) is 12.8 Å². The predicted molar refractivity (Wildman–Crippen MR) is 84.0 cm³/mol. The van der Waals surface area contributed by atoms with E-state index < -0.39 is 0 Å². The van der Waals surface area contributed by atoms with Crippen molar-refractivity contribution in [3.05, 3.63) is 0 Å². The van der Waals surface area contributed by atoms with E-state index in [0.717, 1.165) is 51.4 Å². The lowest BCUT2D eigenvalue weighted by Gasteiger charge is -2.12. The SMILES string of the molecule is CCC(CC)COC(=O)CCCCCCCCC(=O)OC. The van der Waals surface area contributed by atoms with Gasteiger partial charge in [0.25, 0.3) is 0 Å². The van der Waals surface area contributed by atoms with Crippen LogP contribution in [0.3, 0.4) is 0 Å². The first-order chi connectivity index (χ1) is 10.1. The van der Waals surface area contributed by atoms with Gasteiger partial charge >= 0.3 is 11.9 Å². The highest BCUT2D eigenvalue weighted by Gasteiger charge is 2.08. The van der Waals surface area contributed by atoms with Crippen molar-refractivity contribution in [2.45, 2.75) is 78.1 Å². The van der Waals surface area contributed by atoms with Crippen LogP contribution in [0.15, 0.2) is 0 Å². The van der Waals surface area contributed by atoms with Crippen LogP contribution in [-0.4, -0.2) is 25.7 Å². The molecule has 0 aliphatic heterocycles. The van der Waals surface area contributed by atoms with Crippen molar-refractivity contribution >= 4 is 11.9 Å². The summed E-state index contributed by atoms with van der Waals surface area (Å²) in [5.41, 5.74) is 0. The Bertz CT molecular complexity index is 272. The summed E-state index contributed by atoms with van der Waals surface area (Å²) in [5, 5.41) is 0. The summed E-state index contributed by atoms with van der Waals surface area (Å²) in [6.45, 7) is 4.82. The zero-order valence-electron chi connectivity index (χ0n) is 14.0. The molecule has 0 aliphatic carbocycles. The van der Waals surface area contributed by atoms with Crippen LogP contribution in [0, 0.1) is 5.92 Å². The Labute approximate surface area is 129 Å². The van der Waals surface area contributed by atoms with E-state index in [4.69, 9.17) is 4.74 Å². The normalized spacial score (nSPS) is 10.7. The number of carbonyl (C=O) groups excluding carboxylic acids is 2. The van der Waals surface area contributed by atoms with E-state index in [-0.39, 0.29) is 11.9 Å². The molecule has 0 unspecified atom stereocenters. The fraction of sp³-hybridized carbons (Fsp3) is 0.882. The molecule has 0 heterocycles. The summed E-state index contributed by atoms with van der Waals surface area (Å²) in [5.74, 6) is 0.312. The van der Waals surface area contributed by atoms with E-state index >= 15 is 0 Å². The molecule has 0 aromatic rings. The second-order valence-corrected chi connectivity index (χ2v) is 5.56. The van der Waals surface area contributed by atoms with Crippen molar-refractivity contribution in [2.24, 2.45) is 5.92 Å². The van der Waals surface area contributed by atoms with Gasteiger partial charge in [0.2, 0.25) is 0 Å². The second-order valence-electron chi connectivity index (χ2n) is 5.56. The first-order valence-corrected chi connectivity index (χ1v) is 8.36. The molecule has 0 saturated heterocycles. The number of hydrogen-bond donors (Lipinski definition) is 0. The number of carbonyl (C=O) groups is 2. The molecule has 4 nitrogen and oxygen atoms in total. The molecule has 0 aliphatic rings. The molecule has 124 valence electrons. The average Bonchev–Trinajstić information content (AvgIpc) is 2.50. The fourth-order valence-electron chi connectivity index (χ4n) is 2.16. The Hall–Kier alpha value is -1.06. The smallest absolute Gasteiger partial charge is 0.305 e. The van der Waals surface area contributed by atoms with Gasteiger partial charge in [-0.15, -0.1) is 0 Å². The first kappa shape index (κ1) is 19.9. The minimum Gasteiger partial charge on any atom is -0.469 e. The van der Waals surface area contributed by atoms with Gasteiger partial charge in [0.15, 0.2) is 0 Å². The third-order valence-corrected chi connectivity index (χ3v) is 3.87. The van der Waals surface area contributed by atoms with E-state index in [0.29, 0.717) is 25.4 Å². The van der Waals surface area contributed by atoms with Crippen LogP contribution < -0.4 is 0 Å². The van der Waals surface area contributed by atoms with Crippen LogP contribution in [0.25, 0.3) is 0 Å². The van der Waals surface area contributed by atoms with Crippen molar-refractivity contribution < 1.29 is 19.1 Å². The summed E-state index contributed by atoms with van der Waals surface area (Å²) < 4.78 is 9.87. The molecule has 0 aromatic heterocycles. The maximum atomic E-state index is 11.5. The highest BCUT2D eigenvalue weighted by molar-refractivity contribution is 5.69. The summed E-state index contributed by atoms with van der Waals surface area (Å²) in [4.78, 5) is 22.5. The van der Waals surface area contributed by atoms with Crippen molar-refractivity contribution in [1.82, 2.24) is 0 Å². The molecular formula is C17H32O4. The lowest BCUT2D eigenvalue weighted by Crippen LogP contribution is -2.12. The Morgan fingerprint density at radius 1 is 0.810 bits per heavy atom. The van der Waals surface area contributed by atoms with Gasteiger partial charge in [-0.1, -0.05) is 52.4 Å². The molecule has 4 heteroatoms. The molecule has 0 spiro atoms. The Balaban J connectivity index is 3.34. The lowest BCUT2D eigenvalue weighted by atomic mass is 10.1. The second kappa shape index (κ2) is 13.9. The van der Waals surface area contributed by atoms with E-state index in [9.17, 15) is 9.59 Å². The molecule has 0 bridgehead atoms. The van der Waals surface area contributed by atoms with Crippen LogP contribution in [0.2, 0.25) is 0 Å². The van der Waals surface area contributed by atoms with E-state index in [2.05, 4.69) is 18.6 Å². The number of methoxy groups -OCH3 is 1. The lowest BCUT2D eigenvalue weighted by molar-refractivity contribution is -0.145. The van der Waals surface area contributed by atoms with Crippen LogP contribution in [-0.2, 0) is 19.1 Å². The highest BCUT2D eigenvalue weighted by atomic mass is 16.5. The Kier molecular flexibility index (Phi) is 13.2. The molecule has 21 heavy (non-hydrogen) atoms. The Morgan fingerprint density at radius 2 is 1.29 bits per heavy atom. The summed E-state index contributed by atoms with van der Waals surface area (Å²) in [6, 6.07) is 0. The molecule has 0 atom stereocenters. The van der Waals surface area contributed by atoms with E-state index in [1.807, 2.05) is 0 Å². The summed E-state index contributed by atoms with van der Waals surface area (Å²) in [6.07, 6.45) is 9.29. The predicted octanol–water partition coefficient (Wildman–Crippen LogP) is 4.26. The van der Waals surface area contributed by atoms with Crippen molar-refractivity contribution in [1.29, 1.82) is 0 Å². The maximum Gasteiger partial charge on any atom is 0.305 e. The average molecular weight is 300 g/mol. The van der Waals surface area contributed by atoms with Gasteiger partial charge in [0.05, 0.1) is 13.7 Å². The van der Waals surface area contributed by atoms with Crippen LogP contribution in [0.4, 0.5) is 0 Å². The maximum absolute atomic E-state index is 11.5. The third-order valence-electron chi connectivity index (χ3n) is 3.87. The number of ether oxygens (including phenoxy) is 2. The number of hydrogen-bond acceptors (Lipinski definition) is 4. The highest BCUT2D eigenvalue weighted by Crippen LogP contribution is 2.11. The quantitative estimate of drug-likeness (QED) is 0.377. The van der Waals surface area contributed by atoms with Gasteiger partial charge in [-0.05, 0) is 18.8 Å². The zero-order valence-corrected chi connectivity index (χ0v) is 14.0. The van der Waals surface area contributed by atoms with Crippen molar-refractivity contribution in [3.63, 3.8) is 0 Å². The fourth-order valence-corrected chi connectivity index (χ4v) is 2.16. The minimum absolute atomic E-state index is 0.0624. The minimum atomic E-state index is -0.129. The van der Waals surface area contributed by atoms with Gasteiger partial charge in [-0.25, -0.2) is 0 Å². The van der Waals surface area contributed by atoms with Gasteiger partial charge in [-0.3, -0.25) is 9.59 Å². The topological polar surface area (TPSA) is 52.6 Å². The van der Waals surface area contributed by atoms with Crippen LogP contribution >= 0.6 is 0 Å². The van der Waals surface area contributed by atoms with Crippen LogP contribution in [0.1, 0.15) is 78.1 Å². The molecule has 0 fully saturated rings. The van der Waals surface area contributed by atoms with Crippen LogP contribution in [0.5, 0.6) is 0 Å². The molecule has 0 amide bonds. The number of unbranched alkanes of at least 4 members (excludes halogenated alkanes) is 5. The van der Waals surface area contributed by atoms with Gasteiger partial charge in [-0.2, -0.15) is 0 Å². The number of rotatable bonds is 13. The van der Waals surface area contributed by atoms with Crippen molar-refractivity contribution in [2.75, 3.05) is 13.7 Å². The molecular weight excluding hydrogens is 268 g/mol. The monoisotopic (exact) mass is 300 g/mol. The van der Waals surface area contributed by atoms with Gasteiger partial charge < -0.3 is 9.47 Å². The molecule has 0 saturated carbocycles. The van der Waals surface area contributed by atoms with E-state index in [1.165, 1.54) is 7.11 Å². The molecule has 0 radical (unpaired) electrons. The standard InChI is InChI=1S/C17H32O4/c1-4-15(5-2)14-21-17(19)13-11-9-7-6-8-10-12-16(18)20-3/h15H,4-14H2,1-3H3. The van der Waals surface area contributed by atoms with Gasteiger partial charge in [0.1, 0.15) is 0 Å². The molecule has 0 N–H and O–H groups in total. The summed E-state index contributed by atoms with van der Waals surface area (Å²) >= 11 is 0. The van der Waals surface area contributed by atoms with E-state index in [1.54, 1.807) is 0 Å². The third kappa shape index (κ3) is 12.4. The van der Waals surface area contributed by atoms with Crippen molar-refractivity contribution in [3.8, 4) is 0 Å². The summed E-state index contributed by atoms with van der Waals surface area (Å²) in [7, 11) is 1.42. The molecule has 0 aromatic carbocycles. The first-order valence-electron chi connectivity index (χ1n) is 8.36.